The first-order valence-electron chi connectivity index (χ1n) is 4.87. The quantitative estimate of drug-likeness (QED) is 0.755. The van der Waals surface area contributed by atoms with Crippen LogP contribution in [0.15, 0.2) is 30.6 Å². The molecule has 0 unspecified atom stereocenters. The molecule has 0 atom stereocenters. The largest absolute Gasteiger partial charge is 0.338 e. The molecule has 0 fully saturated rings. The van der Waals surface area contributed by atoms with Gasteiger partial charge in [0.1, 0.15) is 6.33 Å². The van der Waals surface area contributed by atoms with Crippen LogP contribution in [0.3, 0.4) is 0 Å². The van der Waals surface area contributed by atoms with Crippen LogP contribution in [-0.2, 0) is 0 Å². The van der Waals surface area contributed by atoms with Crippen molar-refractivity contribution < 1.29 is 0 Å². The molecule has 1 aromatic carbocycles. The van der Waals surface area contributed by atoms with Gasteiger partial charge in [-0.05, 0) is 18.2 Å². The Morgan fingerprint density at radius 1 is 1.17 bits per heavy atom. The van der Waals surface area contributed by atoms with E-state index >= 15 is 0 Å². The highest BCUT2D eigenvalue weighted by atomic mass is 35.5. The highest BCUT2D eigenvalue weighted by Crippen LogP contribution is 2.21. The molecular formula is C10H8Cl2N6. The fraction of sp³-hybridized carbons (Fsp3) is 0. The van der Waals surface area contributed by atoms with Crippen molar-refractivity contribution in [1.29, 1.82) is 0 Å². The number of rotatable bonds is 2. The standard InChI is InChI=1S/C10H7ClN6.ClH/c11-6-2-1-3-7(4-6)14-9-8-10(13-5-12-9)16-17-15-8;/h1-5H,(H2,12,13,14,15,16,17);1H. The van der Waals surface area contributed by atoms with E-state index < -0.39 is 0 Å². The van der Waals surface area contributed by atoms with Crippen LogP contribution >= 0.6 is 24.0 Å². The van der Waals surface area contributed by atoms with Gasteiger partial charge in [0.25, 0.3) is 0 Å². The lowest BCUT2D eigenvalue weighted by molar-refractivity contribution is 0.954. The summed E-state index contributed by atoms with van der Waals surface area (Å²) in [6, 6.07) is 7.35. The molecule has 0 aliphatic carbocycles. The van der Waals surface area contributed by atoms with E-state index in [-0.39, 0.29) is 12.4 Å². The smallest absolute Gasteiger partial charge is 0.206 e. The van der Waals surface area contributed by atoms with E-state index in [2.05, 4.69) is 30.7 Å². The molecule has 0 saturated carbocycles. The number of hydrogen-bond donors (Lipinski definition) is 2. The maximum absolute atomic E-state index is 5.90. The van der Waals surface area contributed by atoms with Gasteiger partial charge < -0.3 is 5.32 Å². The van der Waals surface area contributed by atoms with Crippen molar-refractivity contribution in [2.24, 2.45) is 0 Å². The number of aromatic nitrogens is 5. The summed E-state index contributed by atoms with van der Waals surface area (Å²) in [5.74, 6) is 0.589. The lowest BCUT2D eigenvalue weighted by Crippen LogP contribution is -1.95. The number of nitrogens with one attached hydrogen (secondary N) is 2. The molecule has 0 bridgehead atoms. The van der Waals surface area contributed by atoms with E-state index in [0.717, 1.165) is 5.69 Å². The van der Waals surface area contributed by atoms with Crippen LogP contribution in [0.25, 0.3) is 11.2 Å². The highest BCUT2D eigenvalue weighted by Gasteiger charge is 2.07. The molecule has 3 aromatic rings. The topological polar surface area (TPSA) is 79.4 Å². The van der Waals surface area contributed by atoms with Crippen molar-refractivity contribution in [3.63, 3.8) is 0 Å². The van der Waals surface area contributed by atoms with Gasteiger partial charge in [-0.1, -0.05) is 17.7 Å². The van der Waals surface area contributed by atoms with E-state index in [0.29, 0.717) is 22.0 Å². The first kappa shape index (κ1) is 12.5. The number of fused-ring (bicyclic) bond motifs is 1. The second-order valence-electron chi connectivity index (χ2n) is 3.35. The molecule has 0 radical (unpaired) electrons. The van der Waals surface area contributed by atoms with Crippen molar-refractivity contribution >= 4 is 46.7 Å². The van der Waals surface area contributed by atoms with Crippen molar-refractivity contribution in [2.75, 3.05) is 5.32 Å². The molecule has 0 saturated heterocycles. The van der Waals surface area contributed by atoms with Crippen LogP contribution in [0.1, 0.15) is 0 Å². The Morgan fingerprint density at radius 2 is 2.06 bits per heavy atom. The minimum absolute atomic E-state index is 0. The third kappa shape index (κ3) is 2.34. The maximum atomic E-state index is 5.90. The Morgan fingerprint density at radius 3 is 2.89 bits per heavy atom. The maximum Gasteiger partial charge on any atom is 0.206 e. The molecule has 8 heteroatoms. The molecule has 0 aliphatic heterocycles. The van der Waals surface area contributed by atoms with Gasteiger partial charge in [0.15, 0.2) is 11.3 Å². The van der Waals surface area contributed by atoms with Gasteiger partial charge in [-0.15, -0.1) is 17.5 Å². The number of benzene rings is 1. The van der Waals surface area contributed by atoms with E-state index in [4.69, 9.17) is 11.6 Å². The van der Waals surface area contributed by atoms with Gasteiger partial charge in [-0.25, -0.2) is 9.97 Å². The third-order valence-corrected chi connectivity index (χ3v) is 2.44. The predicted octanol–water partition coefficient (Wildman–Crippen LogP) is 2.57. The van der Waals surface area contributed by atoms with E-state index in [9.17, 15) is 0 Å². The molecule has 0 amide bonds. The third-order valence-electron chi connectivity index (χ3n) is 2.21. The summed E-state index contributed by atoms with van der Waals surface area (Å²) >= 11 is 5.90. The fourth-order valence-corrected chi connectivity index (χ4v) is 1.66. The van der Waals surface area contributed by atoms with Gasteiger partial charge in [0.2, 0.25) is 5.65 Å². The van der Waals surface area contributed by atoms with Crippen molar-refractivity contribution in [1.82, 2.24) is 25.4 Å². The van der Waals surface area contributed by atoms with E-state index in [1.165, 1.54) is 6.33 Å². The number of halogens is 2. The molecule has 6 nitrogen and oxygen atoms in total. The molecule has 2 heterocycles. The molecule has 18 heavy (non-hydrogen) atoms. The number of hydrogen-bond acceptors (Lipinski definition) is 5. The van der Waals surface area contributed by atoms with Crippen molar-refractivity contribution in [3.8, 4) is 0 Å². The second kappa shape index (κ2) is 5.16. The van der Waals surface area contributed by atoms with Crippen LogP contribution < -0.4 is 5.32 Å². The van der Waals surface area contributed by atoms with Gasteiger partial charge in [-0.2, -0.15) is 10.3 Å². The second-order valence-corrected chi connectivity index (χ2v) is 3.79. The summed E-state index contributed by atoms with van der Waals surface area (Å²) in [6.45, 7) is 0. The van der Waals surface area contributed by atoms with Gasteiger partial charge in [-0.3, -0.25) is 0 Å². The van der Waals surface area contributed by atoms with Crippen LogP contribution in [0.4, 0.5) is 11.5 Å². The number of H-pyrrole nitrogens is 1. The molecular weight excluding hydrogens is 275 g/mol. The van der Waals surface area contributed by atoms with Crippen LogP contribution in [0.2, 0.25) is 5.02 Å². The number of nitrogens with zero attached hydrogens (tertiary/aromatic N) is 4. The zero-order valence-corrected chi connectivity index (χ0v) is 10.5. The minimum atomic E-state index is 0. The monoisotopic (exact) mass is 282 g/mol. The van der Waals surface area contributed by atoms with Gasteiger partial charge in [0.05, 0.1) is 0 Å². The molecule has 92 valence electrons. The summed E-state index contributed by atoms with van der Waals surface area (Å²) in [6.07, 6.45) is 1.43. The summed E-state index contributed by atoms with van der Waals surface area (Å²) in [4.78, 5) is 8.10. The zero-order chi connectivity index (χ0) is 11.7. The van der Waals surface area contributed by atoms with Crippen LogP contribution in [0.5, 0.6) is 0 Å². The molecule has 3 rings (SSSR count). The lowest BCUT2D eigenvalue weighted by Gasteiger charge is -2.04. The van der Waals surface area contributed by atoms with Crippen LogP contribution in [0, 0.1) is 0 Å². The summed E-state index contributed by atoms with van der Waals surface area (Å²) < 4.78 is 0. The fourth-order valence-electron chi connectivity index (χ4n) is 1.47. The van der Waals surface area contributed by atoms with Crippen molar-refractivity contribution in [2.45, 2.75) is 0 Å². The first-order chi connectivity index (χ1) is 8.33. The Balaban J connectivity index is 0.00000120. The average Bonchev–Trinajstić information content (AvgIpc) is 2.78. The Bertz CT molecular complexity index is 668. The predicted molar refractivity (Wildman–Crippen MR) is 71.5 cm³/mol. The van der Waals surface area contributed by atoms with E-state index in [1.807, 2.05) is 12.1 Å². The first-order valence-corrected chi connectivity index (χ1v) is 5.25. The lowest BCUT2D eigenvalue weighted by atomic mass is 10.3. The highest BCUT2D eigenvalue weighted by molar-refractivity contribution is 6.30. The number of aromatic amines is 1. The number of anilines is 2. The Kier molecular flexibility index (Phi) is 3.59. The summed E-state index contributed by atoms with van der Waals surface area (Å²) in [5.41, 5.74) is 1.94. The zero-order valence-electron chi connectivity index (χ0n) is 8.96. The van der Waals surface area contributed by atoms with Crippen LogP contribution in [-0.4, -0.2) is 25.4 Å². The Hall–Kier alpha value is -1.92. The van der Waals surface area contributed by atoms with Gasteiger partial charge in [0, 0.05) is 10.7 Å². The van der Waals surface area contributed by atoms with Crippen molar-refractivity contribution in [3.05, 3.63) is 35.6 Å². The molecule has 2 aromatic heterocycles. The SMILES string of the molecule is Cl.Clc1cccc(Nc2ncnc3n[nH]nc23)c1. The Labute approximate surface area is 113 Å². The average molecular weight is 283 g/mol. The minimum Gasteiger partial charge on any atom is -0.338 e. The van der Waals surface area contributed by atoms with E-state index in [1.54, 1.807) is 12.1 Å². The van der Waals surface area contributed by atoms with Gasteiger partial charge >= 0.3 is 0 Å². The molecule has 2 N–H and O–H groups in total. The molecule has 0 aliphatic rings. The molecule has 0 spiro atoms. The normalized spacial score (nSPS) is 10.1. The summed E-state index contributed by atoms with van der Waals surface area (Å²) in [5, 5.41) is 14.1. The summed E-state index contributed by atoms with van der Waals surface area (Å²) in [7, 11) is 0.